The largest absolute Gasteiger partial charge is 0.268 e. The molecule has 0 unspecified atom stereocenters. The normalized spacial score (nSPS) is 10.2. The Bertz CT molecular complexity index is 507. The molecule has 1 aromatic carbocycles. The van der Waals surface area contributed by atoms with E-state index in [1.165, 1.54) is 16.9 Å². The van der Waals surface area contributed by atoms with Crippen molar-refractivity contribution in [3.8, 4) is 0 Å². The summed E-state index contributed by atoms with van der Waals surface area (Å²) in [4.78, 5) is 11.5. The number of benzene rings is 1. The predicted octanol–water partition coefficient (Wildman–Crippen LogP) is 1.95. The van der Waals surface area contributed by atoms with Crippen LogP contribution in [0.3, 0.4) is 0 Å². The van der Waals surface area contributed by atoms with Crippen molar-refractivity contribution in [2.24, 2.45) is 0 Å². The van der Waals surface area contributed by atoms with E-state index in [1.54, 1.807) is 0 Å². The van der Waals surface area contributed by atoms with Crippen LogP contribution < -0.4 is 5.56 Å². The van der Waals surface area contributed by atoms with Crippen molar-refractivity contribution in [1.29, 1.82) is 0 Å². The van der Waals surface area contributed by atoms with Crippen molar-refractivity contribution >= 4 is 11.6 Å². The molecule has 0 N–H and O–H groups in total. The SMILES string of the molecule is O=c1cc(Cl)cnn1Cc1ccccc1. The fourth-order valence-corrected chi connectivity index (χ4v) is 1.42. The summed E-state index contributed by atoms with van der Waals surface area (Å²) < 4.78 is 1.38. The molecule has 15 heavy (non-hydrogen) atoms. The molecule has 0 spiro atoms. The van der Waals surface area contributed by atoms with Crippen LogP contribution in [-0.2, 0) is 6.54 Å². The molecule has 0 amide bonds. The van der Waals surface area contributed by atoms with Crippen LogP contribution in [0.4, 0.5) is 0 Å². The summed E-state index contributed by atoms with van der Waals surface area (Å²) in [5, 5.41) is 4.31. The summed E-state index contributed by atoms with van der Waals surface area (Å²) in [5.41, 5.74) is 0.848. The van der Waals surface area contributed by atoms with Crippen LogP contribution in [-0.4, -0.2) is 9.78 Å². The molecule has 0 fully saturated rings. The maximum atomic E-state index is 11.5. The number of rotatable bonds is 2. The maximum Gasteiger partial charge on any atom is 0.268 e. The molecule has 0 atom stereocenters. The van der Waals surface area contributed by atoms with Crippen LogP contribution in [0.5, 0.6) is 0 Å². The first-order valence-electron chi connectivity index (χ1n) is 4.52. The van der Waals surface area contributed by atoms with Crippen LogP contribution in [0.1, 0.15) is 5.56 Å². The van der Waals surface area contributed by atoms with E-state index in [0.29, 0.717) is 11.6 Å². The Labute approximate surface area is 91.9 Å². The molecule has 0 saturated heterocycles. The second-order valence-corrected chi connectivity index (χ2v) is 3.59. The first kappa shape index (κ1) is 9.93. The van der Waals surface area contributed by atoms with Crippen LogP contribution >= 0.6 is 11.6 Å². The molecule has 0 bridgehead atoms. The van der Waals surface area contributed by atoms with E-state index in [1.807, 2.05) is 30.3 Å². The predicted molar refractivity (Wildman–Crippen MR) is 59.1 cm³/mol. The number of halogens is 1. The Morgan fingerprint density at radius 2 is 2.00 bits per heavy atom. The van der Waals surface area contributed by atoms with Crippen molar-refractivity contribution in [1.82, 2.24) is 9.78 Å². The van der Waals surface area contributed by atoms with E-state index < -0.39 is 0 Å². The highest BCUT2D eigenvalue weighted by atomic mass is 35.5. The van der Waals surface area contributed by atoms with Crippen molar-refractivity contribution in [3.63, 3.8) is 0 Å². The third-order valence-corrected chi connectivity index (χ3v) is 2.22. The standard InChI is InChI=1S/C11H9ClN2O/c12-10-6-11(15)14(13-7-10)8-9-4-2-1-3-5-9/h1-7H,8H2. The molecular formula is C11H9ClN2O. The average molecular weight is 221 g/mol. The zero-order valence-electron chi connectivity index (χ0n) is 7.93. The molecule has 76 valence electrons. The lowest BCUT2D eigenvalue weighted by Gasteiger charge is -2.03. The first-order valence-corrected chi connectivity index (χ1v) is 4.90. The molecule has 0 aliphatic heterocycles. The Kier molecular flexibility index (Phi) is 2.83. The second-order valence-electron chi connectivity index (χ2n) is 3.16. The Morgan fingerprint density at radius 3 is 2.67 bits per heavy atom. The molecule has 0 saturated carbocycles. The van der Waals surface area contributed by atoms with Crippen molar-refractivity contribution in [3.05, 3.63) is 63.5 Å². The highest BCUT2D eigenvalue weighted by Crippen LogP contribution is 2.02. The smallest absolute Gasteiger partial charge is 0.268 e. The topological polar surface area (TPSA) is 34.9 Å². The minimum absolute atomic E-state index is 0.189. The molecule has 2 aromatic rings. The highest BCUT2D eigenvalue weighted by molar-refractivity contribution is 6.30. The Morgan fingerprint density at radius 1 is 1.27 bits per heavy atom. The summed E-state index contributed by atoms with van der Waals surface area (Å²) in [6.07, 6.45) is 1.46. The molecular weight excluding hydrogens is 212 g/mol. The molecule has 1 heterocycles. The fourth-order valence-electron chi connectivity index (χ4n) is 1.29. The number of hydrogen-bond donors (Lipinski definition) is 0. The number of hydrogen-bond acceptors (Lipinski definition) is 2. The first-order chi connectivity index (χ1) is 7.25. The number of nitrogens with zero attached hydrogens (tertiary/aromatic N) is 2. The van der Waals surface area contributed by atoms with Gasteiger partial charge in [0.05, 0.1) is 17.8 Å². The van der Waals surface area contributed by atoms with Crippen molar-refractivity contribution in [2.45, 2.75) is 6.54 Å². The van der Waals surface area contributed by atoms with Gasteiger partial charge in [-0.1, -0.05) is 41.9 Å². The Balaban J connectivity index is 2.29. The van der Waals surface area contributed by atoms with Crippen LogP contribution in [0.25, 0.3) is 0 Å². The summed E-state index contributed by atoms with van der Waals surface area (Å²) >= 11 is 5.64. The van der Waals surface area contributed by atoms with Gasteiger partial charge in [0.15, 0.2) is 0 Å². The summed E-state index contributed by atoms with van der Waals surface area (Å²) in [7, 11) is 0. The van der Waals surface area contributed by atoms with Gasteiger partial charge < -0.3 is 0 Å². The van der Waals surface area contributed by atoms with Crippen LogP contribution in [0, 0.1) is 0 Å². The third-order valence-electron chi connectivity index (χ3n) is 2.01. The highest BCUT2D eigenvalue weighted by Gasteiger charge is 1.99. The lowest BCUT2D eigenvalue weighted by molar-refractivity contribution is 0.639. The van der Waals surface area contributed by atoms with E-state index in [9.17, 15) is 4.79 Å². The van der Waals surface area contributed by atoms with Gasteiger partial charge in [-0.15, -0.1) is 0 Å². The minimum atomic E-state index is -0.189. The van der Waals surface area contributed by atoms with Crippen molar-refractivity contribution in [2.75, 3.05) is 0 Å². The van der Waals surface area contributed by atoms with Gasteiger partial charge in [0.1, 0.15) is 0 Å². The van der Waals surface area contributed by atoms with Gasteiger partial charge >= 0.3 is 0 Å². The van der Waals surface area contributed by atoms with Crippen molar-refractivity contribution < 1.29 is 0 Å². The molecule has 0 aliphatic rings. The molecule has 4 heteroatoms. The van der Waals surface area contributed by atoms with Gasteiger partial charge in [-0.25, -0.2) is 4.68 Å². The van der Waals surface area contributed by atoms with Crippen LogP contribution in [0.2, 0.25) is 5.02 Å². The molecule has 1 aromatic heterocycles. The van der Waals surface area contributed by atoms with E-state index in [-0.39, 0.29) is 5.56 Å². The lowest BCUT2D eigenvalue weighted by Crippen LogP contribution is -2.22. The number of aromatic nitrogens is 2. The summed E-state index contributed by atoms with van der Waals surface area (Å²) in [6.45, 7) is 0.469. The Hall–Kier alpha value is -1.61. The average Bonchev–Trinajstić information content (AvgIpc) is 2.24. The summed E-state index contributed by atoms with van der Waals surface area (Å²) in [5.74, 6) is 0. The van der Waals surface area contributed by atoms with Gasteiger partial charge in [-0.3, -0.25) is 4.79 Å². The molecule has 2 rings (SSSR count). The van der Waals surface area contributed by atoms with Gasteiger partial charge in [0.2, 0.25) is 0 Å². The third kappa shape index (κ3) is 2.44. The molecule has 3 nitrogen and oxygen atoms in total. The molecule has 0 radical (unpaired) electrons. The fraction of sp³-hybridized carbons (Fsp3) is 0.0909. The van der Waals surface area contributed by atoms with Gasteiger partial charge in [0, 0.05) is 6.07 Å². The van der Waals surface area contributed by atoms with Gasteiger partial charge in [-0.05, 0) is 5.56 Å². The second kappa shape index (κ2) is 4.28. The van der Waals surface area contributed by atoms with Gasteiger partial charge in [0.25, 0.3) is 5.56 Å². The lowest BCUT2D eigenvalue weighted by atomic mass is 10.2. The zero-order valence-corrected chi connectivity index (χ0v) is 8.69. The van der Waals surface area contributed by atoms with E-state index >= 15 is 0 Å². The molecule has 0 aliphatic carbocycles. The van der Waals surface area contributed by atoms with E-state index in [4.69, 9.17) is 11.6 Å². The quantitative estimate of drug-likeness (QED) is 0.776. The summed E-state index contributed by atoms with van der Waals surface area (Å²) in [6, 6.07) is 11.0. The monoisotopic (exact) mass is 220 g/mol. The van der Waals surface area contributed by atoms with Crippen LogP contribution in [0.15, 0.2) is 47.4 Å². The minimum Gasteiger partial charge on any atom is -0.268 e. The zero-order chi connectivity index (χ0) is 10.7. The van der Waals surface area contributed by atoms with Gasteiger partial charge in [-0.2, -0.15) is 5.10 Å². The van der Waals surface area contributed by atoms with E-state index in [2.05, 4.69) is 5.10 Å². The maximum absolute atomic E-state index is 11.5. The van der Waals surface area contributed by atoms with E-state index in [0.717, 1.165) is 5.56 Å².